The molecule has 1 atom stereocenters. The second-order valence-corrected chi connectivity index (χ2v) is 7.17. The quantitative estimate of drug-likeness (QED) is 0.716. The van der Waals surface area contributed by atoms with Crippen LogP contribution in [-0.2, 0) is 0 Å². The van der Waals surface area contributed by atoms with Gasteiger partial charge in [-0.15, -0.1) is 0 Å². The van der Waals surface area contributed by atoms with Crippen molar-refractivity contribution in [2.45, 2.75) is 53.0 Å². The van der Waals surface area contributed by atoms with Crippen LogP contribution >= 0.6 is 0 Å². The van der Waals surface area contributed by atoms with Gasteiger partial charge in [-0.1, -0.05) is 70.2 Å². The van der Waals surface area contributed by atoms with Crippen LogP contribution in [-0.4, -0.2) is 6.54 Å². The van der Waals surface area contributed by atoms with Gasteiger partial charge < -0.3 is 5.32 Å². The fraction of sp³-hybridized carbons (Fsp3) is 0.500. The van der Waals surface area contributed by atoms with E-state index in [0.717, 1.165) is 6.54 Å². The van der Waals surface area contributed by atoms with Crippen LogP contribution in [0.2, 0.25) is 0 Å². The first kappa shape index (κ1) is 16.0. The van der Waals surface area contributed by atoms with Crippen molar-refractivity contribution >= 4 is 10.8 Å². The molecule has 2 rings (SSSR count). The highest BCUT2D eigenvalue weighted by Gasteiger charge is 2.17. The third-order valence-corrected chi connectivity index (χ3v) is 4.02. The Hall–Kier alpha value is -1.34. The van der Waals surface area contributed by atoms with Crippen LogP contribution in [0.3, 0.4) is 0 Å². The molecule has 1 nitrogen and oxygen atoms in total. The molecule has 2 aromatic rings. The van der Waals surface area contributed by atoms with E-state index in [9.17, 15) is 0 Å². The molecule has 21 heavy (non-hydrogen) atoms. The standard InChI is InChI=1S/C20H29N/c1-5-15-21-19(13-14-20(2,3)4)18-12-8-10-16-9-6-7-11-17(16)18/h6-12,19,21H,5,13-15H2,1-4H3. The summed E-state index contributed by atoms with van der Waals surface area (Å²) in [5.41, 5.74) is 1.84. The summed E-state index contributed by atoms with van der Waals surface area (Å²) in [7, 11) is 0. The molecule has 0 saturated carbocycles. The van der Waals surface area contributed by atoms with E-state index in [4.69, 9.17) is 0 Å². The van der Waals surface area contributed by atoms with Gasteiger partial charge in [0.2, 0.25) is 0 Å². The number of hydrogen-bond donors (Lipinski definition) is 1. The molecule has 0 aromatic heterocycles. The van der Waals surface area contributed by atoms with Gasteiger partial charge in [0, 0.05) is 6.04 Å². The summed E-state index contributed by atoms with van der Waals surface area (Å²) in [6, 6.07) is 15.9. The van der Waals surface area contributed by atoms with Crippen molar-refractivity contribution < 1.29 is 0 Å². The van der Waals surface area contributed by atoms with E-state index in [1.165, 1.54) is 35.6 Å². The monoisotopic (exact) mass is 283 g/mol. The minimum atomic E-state index is 0.386. The second kappa shape index (κ2) is 7.09. The van der Waals surface area contributed by atoms with Gasteiger partial charge in [-0.2, -0.15) is 0 Å². The zero-order valence-corrected chi connectivity index (χ0v) is 13.9. The van der Waals surface area contributed by atoms with E-state index < -0.39 is 0 Å². The lowest BCUT2D eigenvalue weighted by molar-refractivity contribution is 0.333. The molecule has 114 valence electrons. The summed E-state index contributed by atoms with van der Waals surface area (Å²) in [5.74, 6) is 0. The third-order valence-electron chi connectivity index (χ3n) is 4.02. The van der Waals surface area contributed by atoms with E-state index in [-0.39, 0.29) is 0 Å². The molecule has 0 amide bonds. The Labute approximate surface area is 129 Å². The molecule has 0 fully saturated rings. The minimum Gasteiger partial charge on any atom is -0.310 e. The maximum absolute atomic E-state index is 3.75. The predicted octanol–water partition coefficient (Wildman–Crippen LogP) is 5.71. The van der Waals surface area contributed by atoms with Crippen LogP contribution in [0.15, 0.2) is 42.5 Å². The number of nitrogens with one attached hydrogen (secondary N) is 1. The van der Waals surface area contributed by atoms with E-state index in [0.29, 0.717) is 11.5 Å². The van der Waals surface area contributed by atoms with Gasteiger partial charge in [0.1, 0.15) is 0 Å². The molecule has 2 aromatic carbocycles. The van der Waals surface area contributed by atoms with Gasteiger partial charge >= 0.3 is 0 Å². The smallest absolute Gasteiger partial charge is 0.0326 e. The Morgan fingerprint density at radius 2 is 1.71 bits per heavy atom. The maximum atomic E-state index is 3.75. The first-order chi connectivity index (χ1) is 10.0. The molecule has 0 heterocycles. The van der Waals surface area contributed by atoms with E-state index in [1.807, 2.05) is 0 Å². The van der Waals surface area contributed by atoms with Crippen molar-refractivity contribution in [2.24, 2.45) is 5.41 Å². The van der Waals surface area contributed by atoms with Crippen molar-refractivity contribution in [1.82, 2.24) is 5.32 Å². The van der Waals surface area contributed by atoms with Gasteiger partial charge in [-0.05, 0) is 47.6 Å². The average Bonchev–Trinajstić information content (AvgIpc) is 2.46. The normalized spacial score (nSPS) is 13.5. The van der Waals surface area contributed by atoms with Crippen molar-refractivity contribution in [3.8, 4) is 0 Å². The Balaban J connectivity index is 2.29. The minimum absolute atomic E-state index is 0.386. The van der Waals surface area contributed by atoms with Crippen LogP contribution in [0.25, 0.3) is 10.8 Å². The Morgan fingerprint density at radius 1 is 1.00 bits per heavy atom. The van der Waals surface area contributed by atoms with Gasteiger partial charge in [0.15, 0.2) is 0 Å². The lowest BCUT2D eigenvalue weighted by atomic mass is 9.86. The van der Waals surface area contributed by atoms with Crippen molar-refractivity contribution in [1.29, 1.82) is 0 Å². The lowest BCUT2D eigenvalue weighted by Crippen LogP contribution is -2.24. The third kappa shape index (κ3) is 4.57. The van der Waals surface area contributed by atoms with Crippen molar-refractivity contribution in [2.75, 3.05) is 6.54 Å². The molecule has 0 aliphatic heterocycles. The maximum Gasteiger partial charge on any atom is 0.0326 e. The SMILES string of the molecule is CCCNC(CCC(C)(C)C)c1cccc2ccccc12. The molecular formula is C20H29N. The van der Waals surface area contributed by atoms with Crippen molar-refractivity contribution in [3.05, 3.63) is 48.0 Å². The first-order valence-electron chi connectivity index (χ1n) is 8.22. The lowest BCUT2D eigenvalue weighted by Gasteiger charge is -2.25. The molecule has 0 aliphatic carbocycles. The summed E-state index contributed by atoms with van der Waals surface area (Å²) in [6.45, 7) is 10.3. The van der Waals surface area contributed by atoms with Crippen LogP contribution in [0, 0.1) is 5.41 Å². The average molecular weight is 283 g/mol. The van der Waals surface area contributed by atoms with E-state index in [2.05, 4.69) is 75.5 Å². The number of hydrogen-bond acceptors (Lipinski definition) is 1. The topological polar surface area (TPSA) is 12.0 Å². The van der Waals surface area contributed by atoms with Crippen LogP contribution in [0.5, 0.6) is 0 Å². The first-order valence-corrected chi connectivity index (χ1v) is 8.22. The van der Waals surface area contributed by atoms with Crippen LogP contribution < -0.4 is 5.32 Å². The fourth-order valence-corrected chi connectivity index (χ4v) is 2.82. The highest BCUT2D eigenvalue weighted by atomic mass is 14.9. The summed E-state index contributed by atoms with van der Waals surface area (Å²) >= 11 is 0. The summed E-state index contributed by atoms with van der Waals surface area (Å²) < 4.78 is 0. The van der Waals surface area contributed by atoms with Gasteiger partial charge in [-0.25, -0.2) is 0 Å². The molecule has 1 unspecified atom stereocenters. The van der Waals surface area contributed by atoms with Gasteiger partial charge in [0.25, 0.3) is 0 Å². The van der Waals surface area contributed by atoms with Crippen LogP contribution in [0.1, 0.15) is 58.6 Å². The zero-order chi connectivity index (χ0) is 15.3. The molecular weight excluding hydrogens is 254 g/mol. The fourth-order valence-electron chi connectivity index (χ4n) is 2.82. The highest BCUT2D eigenvalue weighted by molar-refractivity contribution is 5.86. The molecule has 1 heteroatoms. The molecule has 1 N–H and O–H groups in total. The van der Waals surface area contributed by atoms with Gasteiger partial charge in [0.05, 0.1) is 0 Å². The number of fused-ring (bicyclic) bond motifs is 1. The Kier molecular flexibility index (Phi) is 5.41. The molecule has 0 saturated heterocycles. The highest BCUT2D eigenvalue weighted by Crippen LogP contribution is 2.31. The van der Waals surface area contributed by atoms with Crippen LogP contribution in [0.4, 0.5) is 0 Å². The Morgan fingerprint density at radius 3 is 2.43 bits per heavy atom. The number of rotatable bonds is 6. The second-order valence-electron chi connectivity index (χ2n) is 7.17. The van der Waals surface area contributed by atoms with Gasteiger partial charge in [-0.3, -0.25) is 0 Å². The number of benzene rings is 2. The predicted molar refractivity (Wildman–Crippen MR) is 93.7 cm³/mol. The largest absolute Gasteiger partial charge is 0.310 e. The molecule has 0 aliphatic rings. The summed E-state index contributed by atoms with van der Waals surface area (Å²) in [6.07, 6.45) is 3.60. The molecule has 0 spiro atoms. The molecule has 0 radical (unpaired) electrons. The van der Waals surface area contributed by atoms with Crippen molar-refractivity contribution in [3.63, 3.8) is 0 Å². The van der Waals surface area contributed by atoms with E-state index in [1.54, 1.807) is 0 Å². The summed E-state index contributed by atoms with van der Waals surface area (Å²) in [4.78, 5) is 0. The zero-order valence-electron chi connectivity index (χ0n) is 13.9. The molecule has 0 bridgehead atoms. The Bertz CT molecular complexity index is 560. The summed E-state index contributed by atoms with van der Waals surface area (Å²) in [5, 5.41) is 6.48. The van der Waals surface area contributed by atoms with E-state index >= 15 is 0 Å².